The number of para-hydroxylation sites is 1. The van der Waals surface area contributed by atoms with E-state index >= 15 is 0 Å². The Hall–Kier alpha value is -2.95. The maximum Gasteiger partial charge on any atom is 0.289 e. The molecule has 0 unspecified atom stereocenters. The first-order valence-electron chi connectivity index (χ1n) is 8.09. The highest BCUT2D eigenvalue weighted by atomic mass is 16.3. The Balaban J connectivity index is 1.45. The van der Waals surface area contributed by atoms with E-state index in [0.29, 0.717) is 18.8 Å². The van der Waals surface area contributed by atoms with Crippen LogP contribution in [0.2, 0.25) is 0 Å². The SMILES string of the molecule is Nc1ccc(N2CCN(C(=O)c3cc4ccccc4o3)CC2)cc1. The van der Waals surface area contributed by atoms with Crippen molar-refractivity contribution in [1.82, 2.24) is 4.90 Å². The number of nitrogens with zero attached hydrogens (tertiary/aromatic N) is 2. The summed E-state index contributed by atoms with van der Waals surface area (Å²) in [5, 5.41) is 0.960. The zero-order chi connectivity index (χ0) is 16.5. The number of fused-ring (bicyclic) bond motifs is 1. The van der Waals surface area contributed by atoms with E-state index in [4.69, 9.17) is 10.2 Å². The first-order chi connectivity index (χ1) is 11.7. The normalized spacial score (nSPS) is 15.0. The lowest BCUT2D eigenvalue weighted by atomic mass is 10.2. The van der Waals surface area contributed by atoms with Crippen LogP contribution in [0.3, 0.4) is 0 Å². The lowest BCUT2D eigenvalue weighted by Crippen LogP contribution is -2.48. The van der Waals surface area contributed by atoms with Gasteiger partial charge in [-0.1, -0.05) is 18.2 Å². The van der Waals surface area contributed by atoms with Gasteiger partial charge in [0.25, 0.3) is 5.91 Å². The second kappa shape index (κ2) is 5.92. The number of piperazine rings is 1. The van der Waals surface area contributed by atoms with Crippen LogP contribution in [0, 0.1) is 0 Å². The second-order valence-electron chi connectivity index (χ2n) is 6.02. The Labute approximate surface area is 140 Å². The number of hydrogen-bond acceptors (Lipinski definition) is 4. The third kappa shape index (κ3) is 2.69. The molecule has 1 fully saturated rings. The maximum atomic E-state index is 12.7. The molecule has 0 bridgehead atoms. The van der Waals surface area contributed by atoms with Gasteiger partial charge in [-0.25, -0.2) is 0 Å². The van der Waals surface area contributed by atoms with Crippen molar-refractivity contribution in [2.75, 3.05) is 36.8 Å². The third-order valence-electron chi connectivity index (χ3n) is 4.46. The van der Waals surface area contributed by atoms with E-state index < -0.39 is 0 Å². The van der Waals surface area contributed by atoms with Gasteiger partial charge in [0.15, 0.2) is 5.76 Å². The van der Waals surface area contributed by atoms with E-state index in [9.17, 15) is 4.79 Å². The molecule has 0 atom stereocenters. The number of nitrogen functional groups attached to an aromatic ring is 1. The van der Waals surface area contributed by atoms with Gasteiger partial charge in [0.05, 0.1) is 0 Å². The first kappa shape index (κ1) is 14.6. The molecule has 2 N–H and O–H groups in total. The van der Waals surface area contributed by atoms with E-state index in [0.717, 1.165) is 35.4 Å². The summed E-state index contributed by atoms with van der Waals surface area (Å²) in [6.45, 7) is 2.96. The minimum Gasteiger partial charge on any atom is -0.451 e. The highest BCUT2D eigenvalue weighted by Crippen LogP contribution is 2.22. The number of anilines is 2. The molecule has 4 rings (SSSR count). The number of nitrogens with two attached hydrogens (primary N) is 1. The van der Waals surface area contributed by atoms with E-state index in [1.165, 1.54) is 0 Å². The van der Waals surface area contributed by atoms with Gasteiger partial charge in [-0.3, -0.25) is 4.79 Å². The molecular weight excluding hydrogens is 302 g/mol. The van der Waals surface area contributed by atoms with Gasteiger partial charge in [-0.2, -0.15) is 0 Å². The molecule has 2 aromatic carbocycles. The van der Waals surface area contributed by atoms with Crippen molar-refractivity contribution in [2.24, 2.45) is 0 Å². The van der Waals surface area contributed by atoms with Crippen molar-refractivity contribution in [1.29, 1.82) is 0 Å². The number of carbonyl (C=O) groups excluding carboxylic acids is 1. The molecule has 1 saturated heterocycles. The zero-order valence-electron chi connectivity index (χ0n) is 13.3. The standard InChI is InChI=1S/C19H19N3O2/c20-15-5-7-16(8-6-15)21-9-11-22(12-10-21)19(23)18-13-14-3-1-2-4-17(14)24-18/h1-8,13H,9-12,20H2. The van der Waals surface area contributed by atoms with Crippen molar-refractivity contribution in [3.63, 3.8) is 0 Å². The topological polar surface area (TPSA) is 62.7 Å². The number of furan rings is 1. The molecule has 2 heterocycles. The Bertz CT molecular complexity index is 829. The largest absolute Gasteiger partial charge is 0.451 e. The lowest BCUT2D eigenvalue weighted by Gasteiger charge is -2.35. The molecule has 1 aliphatic heterocycles. The van der Waals surface area contributed by atoms with Gasteiger partial charge < -0.3 is 20.0 Å². The molecule has 1 amide bonds. The predicted octanol–water partition coefficient (Wildman–Crippen LogP) is 2.98. The second-order valence-corrected chi connectivity index (χ2v) is 6.02. The van der Waals surface area contributed by atoms with Crippen LogP contribution in [0.5, 0.6) is 0 Å². The summed E-state index contributed by atoms with van der Waals surface area (Å²) in [4.78, 5) is 16.8. The Morgan fingerprint density at radius 1 is 0.958 bits per heavy atom. The smallest absolute Gasteiger partial charge is 0.289 e. The summed E-state index contributed by atoms with van der Waals surface area (Å²) in [5.41, 5.74) is 8.38. The third-order valence-corrected chi connectivity index (χ3v) is 4.46. The predicted molar refractivity (Wildman–Crippen MR) is 95.2 cm³/mol. The van der Waals surface area contributed by atoms with Crippen LogP contribution in [-0.2, 0) is 0 Å². The van der Waals surface area contributed by atoms with E-state index in [1.807, 2.05) is 59.5 Å². The molecule has 0 spiro atoms. The number of benzene rings is 2. The quantitative estimate of drug-likeness (QED) is 0.737. The van der Waals surface area contributed by atoms with Gasteiger partial charge in [-0.05, 0) is 36.4 Å². The van der Waals surface area contributed by atoms with Crippen LogP contribution in [0.15, 0.2) is 59.0 Å². The fourth-order valence-corrected chi connectivity index (χ4v) is 3.10. The van der Waals surface area contributed by atoms with E-state index in [-0.39, 0.29) is 5.91 Å². The van der Waals surface area contributed by atoms with Crippen LogP contribution >= 0.6 is 0 Å². The molecule has 3 aromatic rings. The zero-order valence-corrected chi connectivity index (χ0v) is 13.3. The molecule has 1 aliphatic rings. The molecule has 5 heteroatoms. The van der Waals surface area contributed by atoms with Crippen LogP contribution in [0.1, 0.15) is 10.6 Å². The summed E-state index contributed by atoms with van der Waals surface area (Å²) in [7, 11) is 0. The molecular formula is C19H19N3O2. The van der Waals surface area contributed by atoms with Gasteiger partial charge in [0, 0.05) is 42.9 Å². The summed E-state index contributed by atoms with van der Waals surface area (Å²) in [6.07, 6.45) is 0. The van der Waals surface area contributed by atoms with Crippen molar-refractivity contribution >= 4 is 28.3 Å². The van der Waals surface area contributed by atoms with Crippen LogP contribution in [0.4, 0.5) is 11.4 Å². The fraction of sp³-hybridized carbons (Fsp3) is 0.211. The van der Waals surface area contributed by atoms with Crippen molar-refractivity contribution in [2.45, 2.75) is 0 Å². The van der Waals surface area contributed by atoms with Crippen molar-refractivity contribution in [3.05, 3.63) is 60.4 Å². The van der Waals surface area contributed by atoms with E-state index in [1.54, 1.807) is 0 Å². The summed E-state index contributed by atoms with van der Waals surface area (Å²) < 4.78 is 5.69. The number of rotatable bonds is 2. The summed E-state index contributed by atoms with van der Waals surface area (Å²) in [6, 6.07) is 17.4. The molecule has 122 valence electrons. The van der Waals surface area contributed by atoms with Gasteiger partial charge in [0.2, 0.25) is 0 Å². The van der Waals surface area contributed by atoms with E-state index in [2.05, 4.69) is 4.90 Å². The summed E-state index contributed by atoms with van der Waals surface area (Å²) in [5.74, 6) is 0.375. The molecule has 5 nitrogen and oxygen atoms in total. The summed E-state index contributed by atoms with van der Waals surface area (Å²) >= 11 is 0. The Kier molecular flexibility index (Phi) is 3.61. The van der Waals surface area contributed by atoms with Crippen LogP contribution < -0.4 is 10.6 Å². The number of carbonyl (C=O) groups is 1. The van der Waals surface area contributed by atoms with Gasteiger partial charge in [0.1, 0.15) is 5.58 Å². The minimum atomic E-state index is -0.0387. The van der Waals surface area contributed by atoms with Gasteiger partial charge in [-0.15, -0.1) is 0 Å². The molecule has 0 saturated carbocycles. The average molecular weight is 321 g/mol. The van der Waals surface area contributed by atoms with Crippen LogP contribution in [-0.4, -0.2) is 37.0 Å². The molecule has 1 aromatic heterocycles. The lowest BCUT2D eigenvalue weighted by molar-refractivity contribution is 0.0717. The van der Waals surface area contributed by atoms with Gasteiger partial charge >= 0.3 is 0 Å². The first-order valence-corrected chi connectivity index (χ1v) is 8.09. The molecule has 0 aliphatic carbocycles. The average Bonchev–Trinajstić information content (AvgIpc) is 3.06. The highest BCUT2D eigenvalue weighted by Gasteiger charge is 2.24. The fourth-order valence-electron chi connectivity index (χ4n) is 3.10. The maximum absolute atomic E-state index is 12.7. The van der Waals surface area contributed by atoms with Crippen LogP contribution in [0.25, 0.3) is 11.0 Å². The Morgan fingerprint density at radius 3 is 2.38 bits per heavy atom. The monoisotopic (exact) mass is 321 g/mol. The molecule has 0 radical (unpaired) electrons. The number of hydrogen-bond donors (Lipinski definition) is 1. The van der Waals surface area contributed by atoms with Crippen molar-refractivity contribution < 1.29 is 9.21 Å². The highest BCUT2D eigenvalue weighted by molar-refractivity contribution is 5.96. The Morgan fingerprint density at radius 2 is 1.67 bits per heavy atom. The van der Waals surface area contributed by atoms with Crippen molar-refractivity contribution in [3.8, 4) is 0 Å². The number of amides is 1. The minimum absolute atomic E-state index is 0.0387. The molecule has 24 heavy (non-hydrogen) atoms.